The normalized spacial score (nSPS) is 14.4. The Bertz CT molecular complexity index is 1210. The van der Waals surface area contributed by atoms with Crippen LogP contribution in [0.1, 0.15) is 174 Å². The van der Waals surface area contributed by atoms with Crippen LogP contribution in [0.5, 0.6) is 0 Å². The molecule has 0 aromatic rings. The minimum absolute atomic E-state index is 0.0139. The predicted molar refractivity (Wildman–Crippen MR) is 251 cm³/mol. The maximum absolute atomic E-state index is 12.7. The summed E-state index contributed by atoms with van der Waals surface area (Å²) in [7, 11) is 1.58. The number of likely N-dealkylation sites (N-methyl/N-ethyl adjacent to an activating group) is 1. The van der Waals surface area contributed by atoms with E-state index in [0.717, 1.165) is 51.4 Å². The van der Waals surface area contributed by atoms with Gasteiger partial charge >= 0.3 is 13.8 Å². The Kier molecular flexibility index (Phi) is 40.4. The number of allylic oxidation sites excluding steroid dienone is 13. The Labute approximate surface area is 363 Å². The monoisotopic (exact) mass is 847 g/mol. The van der Waals surface area contributed by atoms with E-state index in [4.69, 9.17) is 18.5 Å². The van der Waals surface area contributed by atoms with Crippen molar-refractivity contribution in [1.82, 2.24) is 0 Å². The van der Waals surface area contributed by atoms with E-state index in [-0.39, 0.29) is 26.2 Å². The minimum Gasteiger partial charge on any atom is -0.498 e. The van der Waals surface area contributed by atoms with Gasteiger partial charge in [-0.1, -0.05) is 183 Å². The number of phosphoric acid groups is 1. The Morgan fingerprint density at radius 2 is 1.00 bits per heavy atom. The highest BCUT2D eigenvalue weighted by Gasteiger charge is 2.26. The molecule has 1 N–H and O–H groups in total. The molecule has 0 aromatic heterocycles. The molecule has 2 atom stereocenters. The number of carbonyl (C=O) groups is 1. The highest BCUT2D eigenvalue weighted by atomic mass is 31.2. The Hall–Kier alpha value is -2.48. The lowest BCUT2D eigenvalue weighted by Crippen LogP contribution is -2.37. The van der Waals surface area contributed by atoms with E-state index >= 15 is 0 Å². The molecule has 0 radical (unpaired) electrons. The molecule has 0 spiro atoms. The van der Waals surface area contributed by atoms with Gasteiger partial charge in [0.05, 0.1) is 34.0 Å². The lowest BCUT2D eigenvalue weighted by molar-refractivity contribution is -0.870. The van der Waals surface area contributed by atoms with E-state index in [2.05, 4.69) is 74.6 Å². The molecule has 0 aromatic carbocycles. The topological polar surface area (TPSA) is 91.3 Å². The van der Waals surface area contributed by atoms with Crippen LogP contribution in [0.25, 0.3) is 0 Å². The summed E-state index contributed by atoms with van der Waals surface area (Å²) in [5.41, 5.74) is 0. The first-order valence-corrected chi connectivity index (χ1v) is 24.9. The van der Waals surface area contributed by atoms with Crippen LogP contribution in [0, 0.1) is 0 Å². The van der Waals surface area contributed by atoms with Gasteiger partial charge in [-0.3, -0.25) is 13.8 Å². The Morgan fingerprint density at radius 3 is 1.46 bits per heavy atom. The largest absolute Gasteiger partial charge is 0.498 e. The summed E-state index contributed by atoms with van der Waals surface area (Å²) in [6.45, 7) is 4.73. The summed E-state index contributed by atoms with van der Waals surface area (Å²) in [6, 6.07) is 0. The van der Waals surface area contributed by atoms with Gasteiger partial charge < -0.3 is 18.9 Å². The number of hydrogen-bond donors (Lipinski definition) is 1. The van der Waals surface area contributed by atoms with E-state index in [1.54, 1.807) is 6.26 Å². The van der Waals surface area contributed by atoms with Crippen molar-refractivity contribution in [3.05, 3.63) is 85.3 Å². The molecule has 340 valence electrons. The molecule has 0 fully saturated rings. The van der Waals surface area contributed by atoms with Crippen LogP contribution in [-0.4, -0.2) is 69.0 Å². The molecular weight excluding hydrogens is 758 g/mol. The second-order valence-electron chi connectivity index (χ2n) is 16.5. The number of nitrogens with zero attached hydrogens (tertiary/aromatic N) is 1. The molecule has 1 unspecified atom stereocenters. The first-order valence-electron chi connectivity index (χ1n) is 23.4. The zero-order valence-corrected chi connectivity index (χ0v) is 39.4. The zero-order chi connectivity index (χ0) is 43.4. The molecule has 0 saturated carbocycles. The maximum atomic E-state index is 12.7. The number of hydrogen-bond acceptors (Lipinski definition) is 6. The third-order valence-electron chi connectivity index (χ3n) is 9.55. The van der Waals surface area contributed by atoms with E-state index in [9.17, 15) is 14.3 Å². The van der Waals surface area contributed by atoms with E-state index in [0.29, 0.717) is 17.4 Å². The number of ether oxygens (including phenoxy) is 2. The highest BCUT2D eigenvalue weighted by Crippen LogP contribution is 2.43. The Morgan fingerprint density at radius 1 is 0.559 bits per heavy atom. The number of carbonyl (C=O) groups excluding carboxylic acids is 1. The van der Waals surface area contributed by atoms with Crippen molar-refractivity contribution in [3.63, 3.8) is 0 Å². The van der Waals surface area contributed by atoms with Crippen molar-refractivity contribution in [1.29, 1.82) is 0 Å². The maximum Gasteiger partial charge on any atom is 0.472 e. The minimum atomic E-state index is -4.32. The average Bonchev–Trinajstić information content (AvgIpc) is 3.19. The molecule has 0 bridgehead atoms. The van der Waals surface area contributed by atoms with Gasteiger partial charge in [0, 0.05) is 6.42 Å². The molecule has 0 saturated heterocycles. The third kappa shape index (κ3) is 46.4. The molecule has 0 amide bonds. The van der Waals surface area contributed by atoms with Crippen LogP contribution in [-0.2, 0) is 27.9 Å². The van der Waals surface area contributed by atoms with Crippen LogP contribution < -0.4 is 0 Å². The van der Waals surface area contributed by atoms with Crippen molar-refractivity contribution in [2.24, 2.45) is 0 Å². The van der Waals surface area contributed by atoms with Gasteiger partial charge in [0.2, 0.25) is 0 Å². The van der Waals surface area contributed by atoms with E-state index < -0.39 is 19.9 Å². The molecular formula is C50H89NO7P+. The summed E-state index contributed by atoms with van der Waals surface area (Å²) < 4.78 is 34.7. The fourth-order valence-corrected chi connectivity index (χ4v) is 6.70. The van der Waals surface area contributed by atoms with Gasteiger partial charge in [-0.2, -0.15) is 0 Å². The first kappa shape index (κ1) is 56.5. The standard InChI is InChI=1S/C50H88NO7P/c1-6-8-10-12-14-16-18-20-22-24-26-27-29-31-33-35-37-39-41-43-50(52)58-49(48-57-59(53,54)56-46-44-51(3,4)5)47-55-45-42-40-38-36-34-32-30-28-25-23-21-19-17-15-13-11-9-7-2/h8,10,14,16,20,22,26-27,31,33,37,39,42,45,49H,6-7,9,11-13,15,17-19,21,23-25,28-30,32,34-36,38,40-41,43-44,46-48H2,1-5H3/p+1/b10-8+,16-14+,22-20+,27-26+,33-31+,39-37+,45-42+/t49-/m1/s1. The zero-order valence-electron chi connectivity index (χ0n) is 38.5. The van der Waals surface area contributed by atoms with Crippen molar-refractivity contribution < 1.29 is 37.3 Å². The van der Waals surface area contributed by atoms with Crippen LogP contribution in [0.15, 0.2) is 85.3 Å². The molecule has 59 heavy (non-hydrogen) atoms. The van der Waals surface area contributed by atoms with Crippen molar-refractivity contribution >= 4 is 13.8 Å². The van der Waals surface area contributed by atoms with Gasteiger partial charge in [-0.15, -0.1) is 0 Å². The van der Waals surface area contributed by atoms with Crippen LogP contribution in [0.2, 0.25) is 0 Å². The van der Waals surface area contributed by atoms with Crippen LogP contribution >= 0.6 is 7.82 Å². The summed E-state index contributed by atoms with van der Waals surface area (Å²) >= 11 is 0. The van der Waals surface area contributed by atoms with E-state index in [1.807, 2.05) is 39.4 Å². The molecule has 9 heteroatoms. The van der Waals surface area contributed by atoms with Gasteiger partial charge in [0.1, 0.15) is 19.8 Å². The number of esters is 1. The second kappa shape index (κ2) is 42.2. The fraction of sp³-hybridized carbons (Fsp3) is 0.700. The molecule has 0 aliphatic rings. The van der Waals surface area contributed by atoms with E-state index in [1.165, 1.54) is 96.3 Å². The summed E-state index contributed by atoms with van der Waals surface area (Å²) in [6.07, 6.45) is 57.4. The van der Waals surface area contributed by atoms with Gasteiger partial charge in [0.15, 0.2) is 6.10 Å². The predicted octanol–water partition coefficient (Wildman–Crippen LogP) is 14.4. The third-order valence-corrected chi connectivity index (χ3v) is 10.5. The molecule has 8 nitrogen and oxygen atoms in total. The molecule has 0 aliphatic carbocycles. The van der Waals surface area contributed by atoms with Crippen molar-refractivity contribution in [3.8, 4) is 0 Å². The number of unbranched alkanes of at least 4 members (excludes halogenated alkanes) is 16. The number of phosphoric ester groups is 1. The molecule has 0 heterocycles. The van der Waals surface area contributed by atoms with Gasteiger partial charge in [-0.25, -0.2) is 4.57 Å². The van der Waals surface area contributed by atoms with Crippen LogP contribution in [0.3, 0.4) is 0 Å². The quantitative estimate of drug-likeness (QED) is 0.0163. The molecule has 0 aliphatic heterocycles. The summed E-state index contributed by atoms with van der Waals surface area (Å²) in [5, 5.41) is 0. The lowest BCUT2D eigenvalue weighted by atomic mass is 10.0. The van der Waals surface area contributed by atoms with Crippen molar-refractivity contribution in [2.75, 3.05) is 47.5 Å². The SMILES string of the molecule is CC/C=C/C/C=C/C/C=C/C/C=C/C/C=C/C/C=C/CCC(=O)O[C@H](CO/C=C/CCCCCCCCCCCCCCCCCC)COP(=O)(O)OCC[N+](C)(C)C. The van der Waals surface area contributed by atoms with Crippen LogP contribution in [0.4, 0.5) is 0 Å². The number of quaternary nitrogens is 1. The van der Waals surface area contributed by atoms with Gasteiger partial charge in [0.25, 0.3) is 0 Å². The first-order chi connectivity index (χ1) is 28.6. The lowest BCUT2D eigenvalue weighted by Gasteiger charge is -2.24. The smallest absolute Gasteiger partial charge is 0.472 e. The second-order valence-corrected chi connectivity index (χ2v) is 17.9. The fourth-order valence-electron chi connectivity index (χ4n) is 5.96. The van der Waals surface area contributed by atoms with Crippen molar-refractivity contribution in [2.45, 2.75) is 180 Å². The average molecular weight is 847 g/mol. The summed E-state index contributed by atoms with van der Waals surface area (Å²) in [4.78, 5) is 22.9. The van der Waals surface area contributed by atoms with Gasteiger partial charge in [-0.05, 0) is 63.9 Å². The number of rotatable bonds is 42. The molecule has 0 rings (SSSR count). The summed E-state index contributed by atoms with van der Waals surface area (Å²) in [5.74, 6) is -0.419. The highest BCUT2D eigenvalue weighted by molar-refractivity contribution is 7.47. The Balaban J connectivity index is 4.39.